The maximum Gasteiger partial charge on any atom is 0.311 e. The van der Waals surface area contributed by atoms with Crippen LogP contribution in [0.15, 0.2) is 47.1 Å². The van der Waals surface area contributed by atoms with E-state index in [1.54, 1.807) is 53.0 Å². The Morgan fingerprint density at radius 3 is 2.21 bits per heavy atom. The SMILES string of the molecule is CO[C@]1(C)C[C@H](O[C@H]2[C@H](C)[C@@H](O[C@@H]3O[C@H](C)C[C@H](N(C)C)[C@H]3O)[C@](C)(O)C[C@@H](C)C(=O)[C@H](C)[C@@H](O)[C@](C)(O)[C@@H](CCNC(=O)Cc3ccccc3-c3ccco3)OC(=O)[C@@H]2C)O[C@@H](C)[C@@H]1O. The lowest BCUT2D eigenvalue weighted by Gasteiger charge is -2.49. The van der Waals surface area contributed by atoms with E-state index >= 15 is 0 Å². The molecule has 3 aliphatic heterocycles. The average Bonchev–Trinajstić information content (AvgIpc) is 3.80. The second-order valence-corrected chi connectivity index (χ2v) is 20.0. The summed E-state index contributed by atoms with van der Waals surface area (Å²) in [5.41, 5.74) is -3.76. The number of hydrogen-bond donors (Lipinski definition) is 6. The second kappa shape index (κ2) is 22.0. The number of aliphatic hydroxyl groups is 5. The lowest BCUT2D eigenvalue weighted by Crippen LogP contribution is -2.61. The van der Waals surface area contributed by atoms with Crippen LogP contribution in [-0.4, -0.2) is 160 Å². The number of nitrogens with one attached hydrogen (secondary N) is 1. The number of cyclic esters (lactones) is 1. The van der Waals surface area contributed by atoms with Crippen molar-refractivity contribution >= 4 is 17.7 Å². The molecule has 1 aromatic carbocycles. The summed E-state index contributed by atoms with van der Waals surface area (Å²) >= 11 is 0. The van der Waals surface area contributed by atoms with E-state index in [9.17, 15) is 39.9 Å². The molecule has 0 radical (unpaired) electrons. The van der Waals surface area contributed by atoms with Gasteiger partial charge in [-0.05, 0) is 86.2 Å². The number of hydrogen-bond acceptors (Lipinski definition) is 16. The molecular formula is C49H76N2O15. The topological polar surface area (TPSA) is 236 Å². The molecule has 1 amide bonds. The zero-order valence-electron chi connectivity index (χ0n) is 40.7. The van der Waals surface area contributed by atoms with Gasteiger partial charge >= 0.3 is 5.97 Å². The van der Waals surface area contributed by atoms with Crippen LogP contribution in [0.5, 0.6) is 0 Å². The van der Waals surface area contributed by atoms with Gasteiger partial charge in [0.05, 0.1) is 60.3 Å². The number of carbonyl (C=O) groups is 3. The Balaban J connectivity index is 1.51. The minimum Gasteiger partial charge on any atom is -0.464 e. The number of carbonyl (C=O) groups excluding carboxylic acids is 3. The Bertz CT molecular complexity index is 1910. The summed E-state index contributed by atoms with van der Waals surface area (Å²) in [6.07, 6.45) is -9.64. The van der Waals surface area contributed by atoms with Crippen molar-refractivity contribution in [2.75, 3.05) is 27.7 Å². The van der Waals surface area contributed by atoms with Crippen molar-refractivity contribution < 1.29 is 72.8 Å². The van der Waals surface area contributed by atoms with E-state index in [0.717, 1.165) is 5.56 Å². The van der Waals surface area contributed by atoms with Gasteiger partial charge in [-0.3, -0.25) is 14.4 Å². The number of esters is 1. The largest absolute Gasteiger partial charge is 0.464 e. The summed E-state index contributed by atoms with van der Waals surface area (Å²) in [6, 6.07) is 10.5. The summed E-state index contributed by atoms with van der Waals surface area (Å²) < 4.78 is 43.3. The van der Waals surface area contributed by atoms with Gasteiger partial charge in [-0.15, -0.1) is 0 Å². The van der Waals surface area contributed by atoms with Crippen molar-refractivity contribution in [1.82, 2.24) is 10.2 Å². The van der Waals surface area contributed by atoms with Crippen LogP contribution in [0.2, 0.25) is 0 Å². The van der Waals surface area contributed by atoms with Crippen LogP contribution in [0.3, 0.4) is 0 Å². The number of aliphatic hydroxyl groups excluding tert-OH is 3. The number of rotatable bonds is 12. The number of likely N-dealkylation sites (N-methyl/N-ethyl adjacent to an activating group) is 1. The number of Topliss-reactive ketones (excluding diaryl/α,β-unsaturated/α-hetero) is 1. The van der Waals surface area contributed by atoms with Crippen molar-refractivity contribution in [3.8, 4) is 11.3 Å². The Labute approximate surface area is 389 Å². The van der Waals surface area contributed by atoms with Crippen molar-refractivity contribution in [2.24, 2.45) is 23.7 Å². The minimum absolute atomic E-state index is 0.0106. The Hall–Kier alpha value is -3.33. The van der Waals surface area contributed by atoms with E-state index in [4.69, 9.17) is 32.8 Å². The standard InChI is InChI=1S/C49H76N2O15/c1-26-24-47(7,58)44(66-46-40(54)34(51(10)11)22-27(2)62-46)29(4)41(65-38-25-48(8,60-12)43(56)31(6)63-38)30(5)45(57)64-36(49(9,59)42(55)28(3)39(26)53)19-20-50-37(52)23-32-16-13-14-17-33(32)35-18-15-21-61-35/h13-18,21,26-31,34,36,38,40-44,46,54-56,58-59H,19-20,22-25H2,1-12H3,(H,50,52)/t26-,27-,28+,29+,30-,31+,34+,36-,38+,40-,41+,42-,43+,44-,46+,47-,48-,49-/m1/s1. The van der Waals surface area contributed by atoms with Gasteiger partial charge in [0.15, 0.2) is 12.6 Å². The van der Waals surface area contributed by atoms with Gasteiger partial charge in [0.25, 0.3) is 0 Å². The van der Waals surface area contributed by atoms with Crippen LogP contribution < -0.4 is 5.32 Å². The molecule has 372 valence electrons. The predicted molar refractivity (Wildman–Crippen MR) is 241 cm³/mol. The number of methoxy groups -OCH3 is 1. The van der Waals surface area contributed by atoms with Gasteiger partial charge in [0.1, 0.15) is 35.5 Å². The molecule has 17 nitrogen and oxygen atoms in total. The lowest BCUT2D eigenvalue weighted by molar-refractivity contribution is -0.318. The fraction of sp³-hybridized carbons (Fsp3) is 0.735. The van der Waals surface area contributed by atoms with E-state index in [1.807, 2.05) is 50.2 Å². The fourth-order valence-corrected chi connectivity index (χ4v) is 10.2. The zero-order chi connectivity index (χ0) is 49.1. The molecule has 0 saturated carbocycles. The van der Waals surface area contributed by atoms with Gasteiger partial charge in [-0.2, -0.15) is 0 Å². The van der Waals surface area contributed by atoms with Gasteiger partial charge in [0.2, 0.25) is 5.91 Å². The molecule has 18 atom stereocenters. The maximum absolute atomic E-state index is 14.7. The van der Waals surface area contributed by atoms with Gasteiger partial charge in [-0.1, -0.05) is 45.0 Å². The van der Waals surface area contributed by atoms with Gasteiger partial charge in [-0.25, -0.2) is 0 Å². The number of benzene rings is 1. The number of ether oxygens (including phenoxy) is 6. The number of amides is 1. The highest BCUT2D eigenvalue weighted by Gasteiger charge is 2.53. The summed E-state index contributed by atoms with van der Waals surface area (Å²) in [6.45, 7) is 14.3. The molecule has 17 heteroatoms. The molecule has 0 bridgehead atoms. The van der Waals surface area contributed by atoms with Crippen LogP contribution in [0.1, 0.15) is 93.6 Å². The molecule has 4 heterocycles. The van der Waals surface area contributed by atoms with Crippen LogP contribution in [-0.2, 0) is 49.2 Å². The van der Waals surface area contributed by atoms with Gasteiger partial charge in [0, 0.05) is 55.9 Å². The number of nitrogens with zero attached hydrogens (tertiary/aromatic N) is 1. The third-order valence-corrected chi connectivity index (χ3v) is 14.3. The van der Waals surface area contributed by atoms with Crippen LogP contribution in [0.4, 0.5) is 0 Å². The molecule has 0 unspecified atom stereocenters. The molecule has 5 rings (SSSR count). The van der Waals surface area contributed by atoms with Crippen LogP contribution >= 0.6 is 0 Å². The summed E-state index contributed by atoms with van der Waals surface area (Å²) in [5, 5.41) is 62.1. The monoisotopic (exact) mass is 933 g/mol. The van der Waals surface area contributed by atoms with E-state index in [2.05, 4.69) is 5.32 Å². The highest BCUT2D eigenvalue weighted by Crippen LogP contribution is 2.41. The summed E-state index contributed by atoms with van der Waals surface area (Å²) in [4.78, 5) is 44.2. The van der Waals surface area contributed by atoms with E-state index in [-0.39, 0.29) is 50.3 Å². The highest BCUT2D eigenvalue weighted by molar-refractivity contribution is 5.84. The first kappa shape index (κ1) is 53.6. The molecule has 2 aromatic rings. The molecule has 0 spiro atoms. The highest BCUT2D eigenvalue weighted by atomic mass is 16.7. The summed E-state index contributed by atoms with van der Waals surface area (Å²) in [5.74, 6) is -5.39. The predicted octanol–water partition coefficient (Wildman–Crippen LogP) is 3.38. The first-order valence-corrected chi connectivity index (χ1v) is 23.3. The lowest BCUT2D eigenvalue weighted by atomic mass is 9.74. The van der Waals surface area contributed by atoms with Crippen molar-refractivity contribution in [2.45, 2.75) is 179 Å². The number of furan rings is 1. The Kier molecular flexibility index (Phi) is 17.8. The first-order valence-electron chi connectivity index (χ1n) is 23.3. The van der Waals surface area contributed by atoms with E-state index < -0.39 is 108 Å². The van der Waals surface area contributed by atoms with Crippen molar-refractivity contribution in [1.29, 1.82) is 0 Å². The molecule has 3 aliphatic rings. The Morgan fingerprint density at radius 2 is 1.58 bits per heavy atom. The third-order valence-electron chi connectivity index (χ3n) is 14.3. The third kappa shape index (κ3) is 12.1. The summed E-state index contributed by atoms with van der Waals surface area (Å²) in [7, 11) is 5.13. The van der Waals surface area contributed by atoms with E-state index in [1.165, 1.54) is 27.9 Å². The van der Waals surface area contributed by atoms with Crippen molar-refractivity contribution in [3.63, 3.8) is 0 Å². The molecular weight excluding hydrogens is 857 g/mol. The maximum atomic E-state index is 14.7. The zero-order valence-corrected chi connectivity index (χ0v) is 40.7. The normalized spacial score (nSPS) is 41.0. The molecule has 6 N–H and O–H groups in total. The van der Waals surface area contributed by atoms with E-state index in [0.29, 0.717) is 17.7 Å². The number of ketones is 1. The van der Waals surface area contributed by atoms with Gasteiger partial charge < -0.3 is 68.6 Å². The molecule has 1 aromatic heterocycles. The van der Waals surface area contributed by atoms with Crippen LogP contribution in [0, 0.1) is 23.7 Å². The molecule has 0 aliphatic carbocycles. The molecule has 66 heavy (non-hydrogen) atoms. The minimum atomic E-state index is -2.23. The van der Waals surface area contributed by atoms with Crippen LogP contribution in [0.25, 0.3) is 11.3 Å². The first-order chi connectivity index (χ1) is 30.8. The smallest absolute Gasteiger partial charge is 0.311 e. The second-order valence-electron chi connectivity index (χ2n) is 20.0. The molecule has 3 fully saturated rings. The molecule has 3 saturated heterocycles. The average molecular weight is 933 g/mol. The van der Waals surface area contributed by atoms with Crippen molar-refractivity contribution in [3.05, 3.63) is 48.2 Å². The fourth-order valence-electron chi connectivity index (χ4n) is 10.2. The quantitative estimate of drug-likeness (QED) is 0.167. The Morgan fingerprint density at radius 1 is 0.894 bits per heavy atom.